The average Bonchev–Trinajstić information content (AvgIpc) is 3.07. The van der Waals surface area contributed by atoms with E-state index in [0.717, 1.165) is 9.47 Å². The van der Waals surface area contributed by atoms with Gasteiger partial charge in [0.25, 0.3) is 0 Å². The van der Waals surface area contributed by atoms with E-state index in [0.29, 0.717) is 10.6 Å². The molecule has 0 atom stereocenters. The summed E-state index contributed by atoms with van der Waals surface area (Å²) >= 11 is 4.80. The average molecular weight is 333 g/mol. The number of benzene rings is 1. The summed E-state index contributed by atoms with van der Waals surface area (Å²) in [6.45, 7) is 0. The van der Waals surface area contributed by atoms with Gasteiger partial charge in [0.2, 0.25) is 5.78 Å². The Labute approximate surface area is 122 Å². The highest BCUT2D eigenvalue weighted by Gasteiger charge is 2.16. The lowest BCUT2D eigenvalue weighted by atomic mass is 10.2. The summed E-state index contributed by atoms with van der Waals surface area (Å²) < 4.78 is 2.61. The Morgan fingerprint density at radius 3 is 2.58 bits per heavy atom. The fourth-order valence-electron chi connectivity index (χ4n) is 1.81. The fraction of sp³-hybridized carbons (Fsp3) is 0. The summed E-state index contributed by atoms with van der Waals surface area (Å²) in [5.41, 5.74) is 1.45. The summed E-state index contributed by atoms with van der Waals surface area (Å²) in [7, 11) is 0. The number of para-hydroxylation sites is 1. The van der Waals surface area contributed by atoms with Crippen molar-refractivity contribution in [3.8, 4) is 5.69 Å². The van der Waals surface area contributed by atoms with Crippen molar-refractivity contribution in [3.05, 3.63) is 69.1 Å². The third kappa shape index (κ3) is 2.39. The van der Waals surface area contributed by atoms with E-state index in [1.54, 1.807) is 16.9 Å². The van der Waals surface area contributed by atoms with Crippen molar-refractivity contribution in [3.63, 3.8) is 0 Å². The van der Waals surface area contributed by atoms with Crippen molar-refractivity contribution in [2.24, 2.45) is 0 Å². The molecular formula is C14H9BrN2OS. The van der Waals surface area contributed by atoms with Crippen LogP contribution in [-0.4, -0.2) is 15.6 Å². The van der Waals surface area contributed by atoms with Gasteiger partial charge < -0.3 is 0 Å². The molecule has 3 rings (SSSR count). The van der Waals surface area contributed by atoms with Crippen LogP contribution in [0.25, 0.3) is 5.69 Å². The largest absolute Gasteiger partial charge is 0.286 e. The fourth-order valence-corrected chi connectivity index (χ4v) is 3.15. The number of carbonyl (C=O) groups excluding carboxylic acids is 1. The van der Waals surface area contributed by atoms with Crippen molar-refractivity contribution in [2.45, 2.75) is 0 Å². The van der Waals surface area contributed by atoms with Crippen molar-refractivity contribution >= 4 is 33.0 Å². The van der Waals surface area contributed by atoms with E-state index in [2.05, 4.69) is 21.0 Å². The molecule has 2 aromatic heterocycles. The molecule has 5 heteroatoms. The van der Waals surface area contributed by atoms with Crippen molar-refractivity contribution in [1.82, 2.24) is 9.78 Å². The van der Waals surface area contributed by atoms with Crippen LogP contribution in [-0.2, 0) is 0 Å². The second-order valence-corrected chi connectivity index (χ2v) is 6.36. The Bertz CT molecular complexity index is 718. The minimum absolute atomic E-state index is 0.0166. The lowest BCUT2D eigenvalue weighted by Crippen LogP contribution is -2.08. The van der Waals surface area contributed by atoms with Crippen LogP contribution in [0.3, 0.4) is 0 Å². The molecule has 0 N–H and O–H groups in total. The minimum atomic E-state index is -0.0166. The molecule has 0 aliphatic heterocycles. The van der Waals surface area contributed by atoms with Crippen molar-refractivity contribution in [1.29, 1.82) is 0 Å². The number of aromatic nitrogens is 2. The van der Waals surface area contributed by atoms with Gasteiger partial charge in [-0.25, -0.2) is 4.68 Å². The first-order chi connectivity index (χ1) is 9.25. The molecule has 19 heavy (non-hydrogen) atoms. The summed E-state index contributed by atoms with van der Waals surface area (Å²) in [6.07, 6.45) is 1.64. The molecule has 0 saturated carbocycles. The molecule has 0 aliphatic carbocycles. The lowest BCUT2D eigenvalue weighted by Gasteiger charge is -2.05. The van der Waals surface area contributed by atoms with Gasteiger partial charge in [-0.05, 0) is 46.3 Å². The Kier molecular flexibility index (Phi) is 3.31. The van der Waals surface area contributed by atoms with Crippen LogP contribution in [0.5, 0.6) is 0 Å². The zero-order valence-corrected chi connectivity index (χ0v) is 12.2. The van der Waals surface area contributed by atoms with Crippen LogP contribution in [0.1, 0.15) is 15.4 Å². The number of halogens is 1. The standard InChI is InChI=1S/C14H9BrN2OS/c15-13-7-6-12(19-13)14(18)11-8-9-16-17(11)10-4-2-1-3-5-10/h1-9H. The quantitative estimate of drug-likeness (QED) is 0.681. The number of thiophene rings is 1. The van der Waals surface area contributed by atoms with Gasteiger partial charge in [-0.3, -0.25) is 4.79 Å². The number of ketones is 1. The maximum Gasteiger partial charge on any atom is 0.221 e. The molecule has 0 spiro atoms. The predicted octanol–water partition coefficient (Wildman–Crippen LogP) is 3.93. The monoisotopic (exact) mass is 332 g/mol. The highest BCUT2D eigenvalue weighted by Crippen LogP contribution is 2.25. The first-order valence-corrected chi connectivity index (χ1v) is 7.26. The first kappa shape index (κ1) is 12.3. The van der Waals surface area contributed by atoms with Gasteiger partial charge in [-0.15, -0.1) is 11.3 Å². The second-order valence-electron chi connectivity index (χ2n) is 3.90. The second kappa shape index (κ2) is 5.11. The Morgan fingerprint density at radius 2 is 1.89 bits per heavy atom. The maximum absolute atomic E-state index is 12.4. The van der Waals surface area contributed by atoms with Crippen LogP contribution in [0.2, 0.25) is 0 Å². The number of carbonyl (C=O) groups is 1. The van der Waals surface area contributed by atoms with Crippen LogP contribution < -0.4 is 0 Å². The molecule has 0 fully saturated rings. The van der Waals surface area contributed by atoms with E-state index < -0.39 is 0 Å². The molecule has 0 unspecified atom stereocenters. The SMILES string of the molecule is O=C(c1ccc(Br)s1)c1ccnn1-c1ccccc1. The zero-order chi connectivity index (χ0) is 13.2. The van der Waals surface area contributed by atoms with Crippen LogP contribution in [0, 0.1) is 0 Å². The van der Waals surface area contributed by atoms with E-state index in [1.807, 2.05) is 42.5 Å². The molecular weight excluding hydrogens is 324 g/mol. The third-order valence-corrected chi connectivity index (χ3v) is 4.30. The molecule has 1 aromatic carbocycles. The van der Waals surface area contributed by atoms with Crippen molar-refractivity contribution in [2.75, 3.05) is 0 Å². The van der Waals surface area contributed by atoms with E-state index in [4.69, 9.17) is 0 Å². The summed E-state index contributed by atoms with van der Waals surface area (Å²) in [4.78, 5) is 13.1. The van der Waals surface area contributed by atoms with Gasteiger partial charge in [-0.2, -0.15) is 5.10 Å². The van der Waals surface area contributed by atoms with Crippen LogP contribution >= 0.6 is 27.3 Å². The van der Waals surface area contributed by atoms with E-state index >= 15 is 0 Å². The van der Waals surface area contributed by atoms with E-state index in [1.165, 1.54) is 11.3 Å². The molecule has 0 radical (unpaired) electrons. The highest BCUT2D eigenvalue weighted by molar-refractivity contribution is 9.11. The molecule has 0 amide bonds. The van der Waals surface area contributed by atoms with Crippen molar-refractivity contribution < 1.29 is 4.79 Å². The van der Waals surface area contributed by atoms with Gasteiger partial charge in [0.15, 0.2) is 0 Å². The van der Waals surface area contributed by atoms with Gasteiger partial charge in [0.1, 0.15) is 5.69 Å². The third-order valence-electron chi connectivity index (χ3n) is 2.67. The number of hydrogen-bond donors (Lipinski definition) is 0. The van der Waals surface area contributed by atoms with Gasteiger partial charge >= 0.3 is 0 Å². The van der Waals surface area contributed by atoms with E-state index in [-0.39, 0.29) is 5.78 Å². The summed E-state index contributed by atoms with van der Waals surface area (Å²) in [6, 6.07) is 15.1. The number of rotatable bonds is 3. The lowest BCUT2D eigenvalue weighted by molar-refractivity contribution is 0.103. The number of nitrogens with zero attached hydrogens (tertiary/aromatic N) is 2. The van der Waals surface area contributed by atoms with Crippen LogP contribution in [0.4, 0.5) is 0 Å². The van der Waals surface area contributed by atoms with Gasteiger partial charge in [0, 0.05) is 0 Å². The minimum Gasteiger partial charge on any atom is -0.286 e. The van der Waals surface area contributed by atoms with E-state index in [9.17, 15) is 4.79 Å². The Balaban J connectivity index is 2.03. The molecule has 3 nitrogen and oxygen atoms in total. The Morgan fingerprint density at radius 1 is 1.11 bits per heavy atom. The smallest absolute Gasteiger partial charge is 0.221 e. The molecule has 3 aromatic rings. The normalized spacial score (nSPS) is 10.6. The van der Waals surface area contributed by atoms with Crippen LogP contribution in [0.15, 0.2) is 58.5 Å². The first-order valence-electron chi connectivity index (χ1n) is 5.65. The molecule has 2 heterocycles. The highest BCUT2D eigenvalue weighted by atomic mass is 79.9. The molecule has 0 aliphatic rings. The topological polar surface area (TPSA) is 34.9 Å². The Hall–Kier alpha value is -1.72. The predicted molar refractivity (Wildman–Crippen MR) is 79.0 cm³/mol. The zero-order valence-electron chi connectivity index (χ0n) is 9.79. The molecule has 94 valence electrons. The summed E-state index contributed by atoms with van der Waals surface area (Å²) in [5.74, 6) is -0.0166. The van der Waals surface area contributed by atoms with Gasteiger partial charge in [-0.1, -0.05) is 18.2 Å². The summed E-state index contributed by atoms with van der Waals surface area (Å²) in [5, 5.41) is 4.23. The molecule has 0 bridgehead atoms. The maximum atomic E-state index is 12.4. The van der Waals surface area contributed by atoms with Gasteiger partial charge in [0.05, 0.1) is 20.5 Å². The molecule has 0 saturated heterocycles. The number of hydrogen-bond acceptors (Lipinski definition) is 3.